The molecule has 0 unspecified atom stereocenters. The second-order valence-corrected chi connectivity index (χ2v) is 10.1. The van der Waals surface area contributed by atoms with Gasteiger partial charge < -0.3 is 30.3 Å². The van der Waals surface area contributed by atoms with Gasteiger partial charge in [-0.25, -0.2) is 14.0 Å². The molecule has 1 aromatic rings. The lowest BCUT2D eigenvalue weighted by molar-refractivity contribution is -0.00914. The first kappa shape index (κ1) is 28.2. The topological polar surface area (TPSA) is 91.9 Å². The SMILES string of the molecule is CNC[C@H](CC1CCCC1)NC(=O)N1CCC[C@@H]([C@@H](OCCNC(=O)OC)c2cc(F)ccc2C)C1. The number of nitrogens with one attached hydrogen (secondary N) is 3. The van der Waals surface area contributed by atoms with E-state index in [4.69, 9.17) is 4.74 Å². The molecule has 1 heterocycles. The minimum Gasteiger partial charge on any atom is -0.453 e. The van der Waals surface area contributed by atoms with E-state index < -0.39 is 6.09 Å². The molecule has 0 bridgehead atoms. The highest BCUT2D eigenvalue weighted by Crippen LogP contribution is 2.35. The van der Waals surface area contributed by atoms with E-state index in [2.05, 4.69) is 20.7 Å². The summed E-state index contributed by atoms with van der Waals surface area (Å²) in [6, 6.07) is 4.79. The third-order valence-electron chi connectivity index (χ3n) is 7.45. The van der Waals surface area contributed by atoms with Crippen LogP contribution in [0.4, 0.5) is 14.0 Å². The molecule has 0 aromatic heterocycles. The molecule has 3 amide bonds. The molecule has 0 spiro atoms. The number of urea groups is 1. The monoisotopic (exact) mass is 506 g/mol. The minimum atomic E-state index is -0.522. The Bertz CT molecular complexity index is 849. The molecular formula is C27H43FN4O4. The highest BCUT2D eigenvalue weighted by molar-refractivity contribution is 5.74. The van der Waals surface area contributed by atoms with Crippen LogP contribution in [0, 0.1) is 24.6 Å². The summed E-state index contributed by atoms with van der Waals surface area (Å²) in [5, 5.41) is 9.11. The van der Waals surface area contributed by atoms with E-state index >= 15 is 0 Å². The molecule has 1 aromatic carbocycles. The van der Waals surface area contributed by atoms with Crippen molar-refractivity contribution in [2.45, 2.75) is 64.0 Å². The van der Waals surface area contributed by atoms with Crippen LogP contribution in [-0.4, -0.2) is 70.0 Å². The molecule has 3 rings (SSSR count). The number of hydrogen-bond donors (Lipinski definition) is 3. The van der Waals surface area contributed by atoms with Gasteiger partial charge in [0.05, 0.1) is 19.8 Å². The summed E-state index contributed by atoms with van der Waals surface area (Å²) < 4.78 is 25.0. The molecule has 2 fully saturated rings. The van der Waals surface area contributed by atoms with E-state index in [1.165, 1.54) is 44.9 Å². The normalized spacial score (nSPS) is 20.1. The Labute approximate surface area is 214 Å². The lowest BCUT2D eigenvalue weighted by Crippen LogP contribution is -2.51. The maximum Gasteiger partial charge on any atom is 0.406 e. The van der Waals surface area contributed by atoms with Gasteiger partial charge in [0.15, 0.2) is 0 Å². The number of methoxy groups -OCH3 is 1. The number of benzene rings is 1. The zero-order chi connectivity index (χ0) is 25.9. The van der Waals surface area contributed by atoms with Crippen molar-refractivity contribution in [3.8, 4) is 0 Å². The third-order valence-corrected chi connectivity index (χ3v) is 7.45. The van der Waals surface area contributed by atoms with Gasteiger partial charge in [-0.05, 0) is 62.4 Å². The van der Waals surface area contributed by atoms with Crippen LogP contribution in [0.3, 0.4) is 0 Å². The maximum atomic E-state index is 14.2. The Morgan fingerprint density at radius 1 is 1.19 bits per heavy atom. The number of alkyl carbamates (subject to hydrolysis) is 1. The van der Waals surface area contributed by atoms with Crippen molar-refractivity contribution in [2.24, 2.45) is 11.8 Å². The summed E-state index contributed by atoms with van der Waals surface area (Å²) in [4.78, 5) is 26.5. The Hall–Kier alpha value is -2.39. The van der Waals surface area contributed by atoms with Crippen LogP contribution in [-0.2, 0) is 9.47 Å². The van der Waals surface area contributed by atoms with E-state index in [1.807, 2.05) is 18.9 Å². The van der Waals surface area contributed by atoms with Crippen LogP contribution in [0.1, 0.15) is 62.2 Å². The molecule has 1 saturated heterocycles. The maximum absolute atomic E-state index is 14.2. The molecule has 0 radical (unpaired) electrons. The smallest absolute Gasteiger partial charge is 0.406 e. The van der Waals surface area contributed by atoms with Gasteiger partial charge in [0.1, 0.15) is 5.82 Å². The van der Waals surface area contributed by atoms with Gasteiger partial charge in [0, 0.05) is 38.1 Å². The number of piperidine rings is 1. The highest BCUT2D eigenvalue weighted by atomic mass is 19.1. The molecule has 3 atom stereocenters. The average molecular weight is 507 g/mol. The number of hydrogen-bond acceptors (Lipinski definition) is 5. The molecule has 202 valence electrons. The number of halogens is 1. The van der Waals surface area contributed by atoms with Crippen molar-refractivity contribution in [3.05, 3.63) is 35.1 Å². The van der Waals surface area contributed by atoms with Crippen LogP contribution >= 0.6 is 0 Å². The van der Waals surface area contributed by atoms with Gasteiger partial charge in [-0.15, -0.1) is 0 Å². The lowest BCUT2D eigenvalue weighted by atomic mass is 9.86. The van der Waals surface area contributed by atoms with Crippen LogP contribution in [0.15, 0.2) is 18.2 Å². The molecule has 1 aliphatic carbocycles. The summed E-state index contributed by atoms with van der Waals surface area (Å²) in [6.07, 6.45) is 6.89. The van der Waals surface area contributed by atoms with Crippen molar-refractivity contribution in [2.75, 3.05) is 46.9 Å². The summed E-state index contributed by atoms with van der Waals surface area (Å²) >= 11 is 0. The Morgan fingerprint density at radius 3 is 2.69 bits per heavy atom. The molecule has 36 heavy (non-hydrogen) atoms. The van der Waals surface area contributed by atoms with Gasteiger partial charge in [0.2, 0.25) is 0 Å². The Morgan fingerprint density at radius 2 is 1.97 bits per heavy atom. The van der Waals surface area contributed by atoms with Crippen LogP contribution < -0.4 is 16.0 Å². The molecule has 1 saturated carbocycles. The minimum absolute atomic E-state index is 0.0145. The van der Waals surface area contributed by atoms with Gasteiger partial charge >= 0.3 is 12.1 Å². The van der Waals surface area contributed by atoms with Crippen molar-refractivity contribution < 1.29 is 23.5 Å². The number of carbonyl (C=O) groups is 2. The van der Waals surface area contributed by atoms with Crippen molar-refractivity contribution in [1.29, 1.82) is 0 Å². The zero-order valence-electron chi connectivity index (χ0n) is 22.0. The second-order valence-electron chi connectivity index (χ2n) is 10.1. The quantitative estimate of drug-likeness (QED) is 0.393. The number of rotatable bonds is 11. The summed E-state index contributed by atoms with van der Waals surface area (Å²) in [7, 11) is 3.23. The fourth-order valence-electron chi connectivity index (χ4n) is 5.60. The van der Waals surface area contributed by atoms with E-state index in [0.29, 0.717) is 19.0 Å². The predicted molar refractivity (Wildman–Crippen MR) is 137 cm³/mol. The van der Waals surface area contributed by atoms with E-state index in [0.717, 1.165) is 36.9 Å². The fraction of sp³-hybridized carbons (Fsp3) is 0.704. The number of amides is 3. The lowest BCUT2D eigenvalue weighted by Gasteiger charge is -2.38. The Kier molecular flexibility index (Phi) is 11.3. The number of likely N-dealkylation sites (N-methyl/N-ethyl adjacent to an activating group) is 1. The van der Waals surface area contributed by atoms with Crippen LogP contribution in [0.2, 0.25) is 0 Å². The molecule has 2 aliphatic rings. The number of ether oxygens (including phenoxy) is 2. The average Bonchev–Trinajstić information content (AvgIpc) is 3.39. The van der Waals surface area contributed by atoms with Gasteiger partial charge in [0.25, 0.3) is 0 Å². The summed E-state index contributed by atoms with van der Waals surface area (Å²) in [6.45, 7) is 4.45. The number of aryl methyl sites for hydroxylation is 1. The first-order chi connectivity index (χ1) is 17.4. The molecular weight excluding hydrogens is 463 g/mol. The third kappa shape index (κ3) is 8.34. The van der Waals surface area contributed by atoms with Crippen molar-refractivity contribution >= 4 is 12.1 Å². The number of carbonyl (C=O) groups excluding carboxylic acids is 2. The first-order valence-corrected chi connectivity index (χ1v) is 13.3. The van der Waals surface area contributed by atoms with E-state index in [-0.39, 0.29) is 43.1 Å². The van der Waals surface area contributed by atoms with E-state index in [1.54, 1.807) is 6.07 Å². The zero-order valence-corrected chi connectivity index (χ0v) is 22.0. The van der Waals surface area contributed by atoms with Gasteiger partial charge in [-0.2, -0.15) is 0 Å². The standard InChI is InChI=1S/C27H43FN4O4/c1-19-10-11-22(28)16-24(19)25(36-14-12-30-27(34)35-3)21-9-6-13-32(18-21)26(33)31-23(17-29-2)15-20-7-4-5-8-20/h10-11,16,20-21,23,25,29H,4-9,12-15,17-18H2,1-3H3,(H,30,34)(H,31,33)/t21-,23+,25-/m1/s1. The van der Waals surface area contributed by atoms with Crippen LogP contribution in [0.5, 0.6) is 0 Å². The second kappa shape index (κ2) is 14.4. The van der Waals surface area contributed by atoms with E-state index in [9.17, 15) is 14.0 Å². The summed E-state index contributed by atoms with van der Waals surface area (Å²) in [5.74, 6) is 0.384. The largest absolute Gasteiger partial charge is 0.453 e. The number of likely N-dealkylation sites (tertiary alicyclic amines) is 1. The van der Waals surface area contributed by atoms with Crippen LogP contribution in [0.25, 0.3) is 0 Å². The first-order valence-electron chi connectivity index (χ1n) is 13.3. The van der Waals surface area contributed by atoms with Crippen molar-refractivity contribution in [3.63, 3.8) is 0 Å². The molecule has 8 nitrogen and oxygen atoms in total. The van der Waals surface area contributed by atoms with Crippen molar-refractivity contribution in [1.82, 2.24) is 20.9 Å². The molecule has 3 N–H and O–H groups in total. The van der Waals surface area contributed by atoms with Gasteiger partial charge in [-0.3, -0.25) is 0 Å². The highest BCUT2D eigenvalue weighted by Gasteiger charge is 2.33. The summed E-state index contributed by atoms with van der Waals surface area (Å²) in [5.41, 5.74) is 1.73. The Balaban J connectivity index is 1.66. The molecule has 1 aliphatic heterocycles. The predicted octanol–water partition coefficient (Wildman–Crippen LogP) is 4.14. The number of nitrogens with zero attached hydrogens (tertiary/aromatic N) is 1. The van der Waals surface area contributed by atoms with Gasteiger partial charge in [-0.1, -0.05) is 31.7 Å². The molecule has 9 heteroatoms. The fourth-order valence-corrected chi connectivity index (χ4v) is 5.60.